The van der Waals surface area contributed by atoms with Gasteiger partial charge in [-0.2, -0.15) is 4.31 Å². The number of imidazole rings is 1. The van der Waals surface area contributed by atoms with Crippen molar-refractivity contribution in [2.75, 3.05) is 20.2 Å². The fourth-order valence-electron chi connectivity index (χ4n) is 4.39. The third-order valence-corrected chi connectivity index (χ3v) is 8.47. The topological polar surface area (TPSA) is 77.3 Å². The molecule has 7 nitrogen and oxygen atoms in total. The number of hydrogen-bond donors (Lipinski definition) is 0. The number of fused-ring (bicyclic) bond motifs is 1. The van der Waals surface area contributed by atoms with Crippen LogP contribution in [0.4, 0.5) is 0 Å². The average Bonchev–Trinajstić information content (AvgIpc) is 3.23. The zero-order valence-electron chi connectivity index (χ0n) is 18.4. The van der Waals surface area contributed by atoms with E-state index in [1.807, 2.05) is 30.3 Å². The first-order valence-electron chi connectivity index (χ1n) is 10.8. The Morgan fingerprint density at radius 2 is 1.76 bits per heavy atom. The van der Waals surface area contributed by atoms with E-state index >= 15 is 0 Å². The highest BCUT2D eigenvalue weighted by atomic mass is 35.5. The minimum atomic E-state index is -3.68. The Kier molecular flexibility index (Phi) is 6.24. The van der Waals surface area contributed by atoms with Crippen LogP contribution in [-0.2, 0) is 10.0 Å². The molecule has 0 amide bonds. The van der Waals surface area contributed by atoms with Crippen LogP contribution in [0.5, 0.6) is 5.75 Å². The fourth-order valence-corrected chi connectivity index (χ4v) is 6.36. The Morgan fingerprint density at radius 1 is 1.03 bits per heavy atom. The number of methoxy groups -OCH3 is 1. The molecule has 0 atom stereocenters. The van der Waals surface area contributed by atoms with Gasteiger partial charge in [0.1, 0.15) is 17.1 Å². The molecule has 10 heteroatoms. The Bertz CT molecular complexity index is 1450. The Labute approximate surface area is 208 Å². The van der Waals surface area contributed by atoms with Crippen LogP contribution in [0.1, 0.15) is 18.9 Å². The zero-order valence-corrected chi connectivity index (χ0v) is 20.7. The highest BCUT2D eigenvalue weighted by molar-refractivity contribution is 7.89. The maximum Gasteiger partial charge on any atom is 0.243 e. The lowest BCUT2D eigenvalue weighted by molar-refractivity contribution is 0.278. The fraction of sp³-hybridized carbons (Fsp3) is 0.250. The van der Waals surface area contributed by atoms with E-state index in [2.05, 4.69) is 9.55 Å². The van der Waals surface area contributed by atoms with E-state index in [0.717, 1.165) is 17.0 Å². The molecule has 1 aliphatic rings. The number of pyridine rings is 1. The SMILES string of the molecule is COc1ccc(S(=O)(=O)N2CCC(n3c(-c4ccccc4)nc4cc(Cl)cnc43)CC2)cc1Cl. The molecular formula is C24H22Cl2N4O3S. The molecule has 0 N–H and O–H groups in total. The largest absolute Gasteiger partial charge is 0.495 e. The van der Waals surface area contributed by atoms with Gasteiger partial charge in [-0.25, -0.2) is 18.4 Å². The molecule has 0 radical (unpaired) electrons. The number of nitrogens with zero attached hydrogens (tertiary/aromatic N) is 4. The third-order valence-electron chi connectivity index (χ3n) is 6.08. The van der Waals surface area contributed by atoms with Crippen molar-refractivity contribution >= 4 is 44.4 Å². The van der Waals surface area contributed by atoms with Gasteiger partial charge >= 0.3 is 0 Å². The average molecular weight is 517 g/mol. The Hall–Kier alpha value is -2.65. The van der Waals surface area contributed by atoms with E-state index < -0.39 is 10.0 Å². The minimum absolute atomic E-state index is 0.0415. The van der Waals surface area contributed by atoms with Gasteiger partial charge in [-0.05, 0) is 37.1 Å². The van der Waals surface area contributed by atoms with Crippen LogP contribution in [0.25, 0.3) is 22.6 Å². The number of ether oxygens (including phenoxy) is 1. The van der Waals surface area contributed by atoms with E-state index in [9.17, 15) is 8.42 Å². The van der Waals surface area contributed by atoms with Crippen LogP contribution in [-0.4, -0.2) is 47.5 Å². The van der Waals surface area contributed by atoms with Gasteiger partial charge in [0, 0.05) is 30.9 Å². The summed E-state index contributed by atoms with van der Waals surface area (Å²) in [6.45, 7) is 0.746. The predicted octanol–water partition coefficient (Wildman–Crippen LogP) is 5.44. The highest BCUT2D eigenvalue weighted by Gasteiger charge is 2.32. The molecule has 0 bridgehead atoms. The first-order valence-corrected chi connectivity index (χ1v) is 13.0. The number of halogens is 2. The Balaban J connectivity index is 1.45. The molecule has 1 saturated heterocycles. The maximum absolute atomic E-state index is 13.3. The second-order valence-corrected chi connectivity index (χ2v) is 10.9. The summed E-state index contributed by atoms with van der Waals surface area (Å²) in [5, 5.41) is 0.788. The van der Waals surface area contributed by atoms with Crippen molar-refractivity contribution in [1.29, 1.82) is 0 Å². The lowest BCUT2D eigenvalue weighted by Gasteiger charge is -2.32. The van der Waals surface area contributed by atoms with Crippen LogP contribution in [0.15, 0.2) is 65.7 Å². The van der Waals surface area contributed by atoms with Gasteiger partial charge in [-0.15, -0.1) is 0 Å². The number of sulfonamides is 1. The van der Waals surface area contributed by atoms with Crippen molar-refractivity contribution in [3.63, 3.8) is 0 Å². The first-order chi connectivity index (χ1) is 16.4. The molecule has 4 aromatic rings. The molecule has 5 rings (SSSR count). The van der Waals surface area contributed by atoms with E-state index in [-0.39, 0.29) is 16.0 Å². The number of aromatic nitrogens is 3. The summed E-state index contributed by atoms with van der Waals surface area (Å²) >= 11 is 12.3. The molecule has 1 aliphatic heterocycles. The lowest BCUT2D eigenvalue weighted by Crippen LogP contribution is -2.39. The number of rotatable bonds is 5. The van der Waals surface area contributed by atoms with Gasteiger partial charge in [0.15, 0.2) is 5.65 Å². The number of piperidine rings is 1. The number of hydrogen-bond acceptors (Lipinski definition) is 5. The van der Waals surface area contributed by atoms with Gasteiger partial charge in [0.25, 0.3) is 0 Å². The zero-order chi connectivity index (χ0) is 23.9. The molecular weight excluding hydrogens is 495 g/mol. The van der Waals surface area contributed by atoms with E-state index in [0.29, 0.717) is 42.2 Å². The molecule has 176 valence electrons. The maximum atomic E-state index is 13.3. The molecule has 0 aliphatic carbocycles. The molecule has 0 unspecified atom stereocenters. The monoisotopic (exact) mass is 516 g/mol. The standard InChI is InChI=1S/C24H22Cl2N4O3S/c1-33-22-8-7-19(14-20(22)26)34(31,32)29-11-9-18(10-12-29)30-23(16-5-3-2-4-6-16)28-21-13-17(25)15-27-24(21)30/h2-8,13-15,18H,9-12H2,1H3. The van der Waals surface area contributed by atoms with E-state index in [4.69, 9.17) is 32.9 Å². The molecule has 0 saturated carbocycles. The summed E-state index contributed by atoms with van der Waals surface area (Å²) in [5.74, 6) is 1.24. The summed E-state index contributed by atoms with van der Waals surface area (Å²) in [6.07, 6.45) is 2.86. The summed E-state index contributed by atoms with van der Waals surface area (Å²) < 4.78 is 35.3. The van der Waals surface area contributed by atoms with Crippen molar-refractivity contribution < 1.29 is 13.2 Å². The van der Waals surface area contributed by atoms with Gasteiger partial charge < -0.3 is 9.30 Å². The third kappa shape index (κ3) is 4.15. The van der Waals surface area contributed by atoms with Crippen LogP contribution in [0, 0.1) is 0 Å². The molecule has 34 heavy (non-hydrogen) atoms. The first kappa shape index (κ1) is 23.1. The highest BCUT2D eigenvalue weighted by Crippen LogP contribution is 2.35. The summed E-state index contributed by atoms with van der Waals surface area (Å²) in [5.41, 5.74) is 2.43. The van der Waals surface area contributed by atoms with Gasteiger partial charge in [0.2, 0.25) is 10.0 Å². The van der Waals surface area contributed by atoms with Gasteiger partial charge in [0.05, 0.1) is 22.1 Å². The van der Waals surface area contributed by atoms with E-state index in [1.165, 1.54) is 23.5 Å². The van der Waals surface area contributed by atoms with Crippen LogP contribution >= 0.6 is 23.2 Å². The summed E-state index contributed by atoms with van der Waals surface area (Å²) in [6, 6.07) is 16.3. The predicted molar refractivity (Wildman–Crippen MR) is 133 cm³/mol. The number of benzene rings is 2. The summed E-state index contributed by atoms with van der Waals surface area (Å²) in [7, 11) is -2.18. The summed E-state index contributed by atoms with van der Waals surface area (Å²) in [4.78, 5) is 9.53. The van der Waals surface area contributed by atoms with E-state index in [1.54, 1.807) is 18.3 Å². The minimum Gasteiger partial charge on any atom is -0.495 e. The van der Waals surface area contributed by atoms with Crippen LogP contribution in [0.3, 0.4) is 0 Å². The Morgan fingerprint density at radius 3 is 2.44 bits per heavy atom. The van der Waals surface area contributed by atoms with Crippen LogP contribution in [0.2, 0.25) is 10.0 Å². The van der Waals surface area contributed by atoms with Crippen molar-refractivity contribution in [3.8, 4) is 17.1 Å². The normalized spacial score (nSPS) is 15.6. The van der Waals surface area contributed by atoms with Gasteiger partial charge in [-0.3, -0.25) is 0 Å². The van der Waals surface area contributed by atoms with Crippen molar-refractivity contribution in [2.24, 2.45) is 0 Å². The van der Waals surface area contributed by atoms with Crippen molar-refractivity contribution in [2.45, 2.75) is 23.8 Å². The molecule has 0 spiro atoms. The molecule has 2 aromatic carbocycles. The quantitative estimate of drug-likeness (QED) is 0.353. The van der Waals surface area contributed by atoms with Crippen LogP contribution < -0.4 is 4.74 Å². The lowest BCUT2D eigenvalue weighted by atomic mass is 10.1. The molecule has 1 fully saturated rings. The molecule has 3 heterocycles. The second kappa shape index (κ2) is 9.19. The van der Waals surface area contributed by atoms with Crippen molar-refractivity contribution in [1.82, 2.24) is 18.8 Å². The second-order valence-electron chi connectivity index (χ2n) is 8.10. The van der Waals surface area contributed by atoms with Crippen molar-refractivity contribution in [3.05, 3.63) is 70.8 Å². The smallest absolute Gasteiger partial charge is 0.243 e. The van der Waals surface area contributed by atoms with Gasteiger partial charge in [-0.1, -0.05) is 53.5 Å². The molecule has 2 aromatic heterocycles.